The lowest BCUT2D eigenvalue weighted by Crippen LogP contribution is -2.31. The van der Waals surface area contributed by atoms with Crippen LogP contribution in [0.15, 0.2) is 46.7 Å². The highest BCUT2D eigenvalue weighted by molar-refractivity contribution is 7.89. The highest BCUT2D eigenvalue weighted by Gasteiger charge is 2.21. The molecule has 0 aliphatic heterocycles. The Kier molecular flexibility index (Phi) is 5.79. The monoisotopic (exact) mass is 366 g/mol. The first-order valence-corrected chi connectivity index (χ1v) is 9.92. The quantitative estimate of drug-likeness (QED) is 0.854. The highest BCUT2D eigenvalue weighted by Crippen LogP contribution is 2.26. The molecule has 24 heavy (non-hydrogen) atoms. The maximum atomic E-state index is 12.5. The Morgan fingerprint density at radius 3 is 2.21 bits per heavy atom. The Bertz CT molecular complexity index is 780. The van der Waals surface area contributed by atoms with E-state index < -0.39 is 10.0 Å². The van der Waals surface area contributed by atoms with E-state index in [0.717, 1.165) is 9.18 Å². The molecule has 0 spiro atoms. The van der Waals surface area contributed by atoms with E-state index in [9.17, 15) is 13.2 Å². The maximum Gasteiger partial charge on any atom is 0.251 e. The summed E-state index contributed by atoms with van der Waals surface area (Å²) in [5, 5.41) is 5.01. The number of nitrogens with zero attached hydrogens (tertiary/aromatic N) is 1. The fraction of sp³-hybridized carbons (Fsp3) is 0.353. The van der Waals surface area contributed by atoms with Crippen LogP contribution in [-0.4, -0.2) is 32.7 Å². The molecule has 0 aliphatic carbocycles. The minimum absolute atomic E-state index is 0.0670. The minimum Gasteiger partial charge on any atom is -0.344 e. The number of sulfonamides is 1. The van der Waals surface area contributed by atoms with Crippen molar-refractivity contribution in [3.05, 3.63) is 52.2 Å². The molecule has 0 saturated heterocycles. The van der Waals surface area contributed by atoms with E-state index in [-0.39, 0.29) is 22.8 Å². The Morgan fingerprint density at radius 1 is 1.12 bits per heavy atom. The number of thiophene rings is 1. The summed E-state index contributed by atoms with van der Waals surface area (Å²) in [5.74, 6) is 0.0388. The number of benzene rings is 1. The van der Waals surface area contributed by atoms with Crippen molar-refractivity contribution in [2.75, 3.05) is 14.1 Å². The second-order valence-corrected chi connectivity index (χ2v) is 9.15. The van der Waals surface area contributed by atoms with Crippen molar-refractivity contribution in [2.24, 2.45) is 5.92 Å². The topological polar surface area (TPSA) is 66.5 Å². The van der Waals surface area contributed by atoms with E-state index in [2.05, 4.69) is 19.2 Å². The second-order valence-electron chi connectivity index (χ2n) is 6.02. The van der Waals surface area contributed by atoms with Crippen molar-refractivity contribution in [3.8, 4) is 0 Å². The molecular weight excluding hydrogens is 344 g/mol. The zero-order valence-corrected chi connectivity index (χ0v) is 15.8. The van der Waals surface area contributed by atoms with E-state index in [4.69, 9.17) is 0 Å². The highest BCUT2D eigenvalue weighted by atomic mass is 32.2. The first-order valence-electron chi connectivity index (χ1n) is 7.60. The molecule has 1 amide bonds. The average molecular weight is 367 g/mol. The normalized spacial score (nSPS) is 13.2. The summed E-state index contributed by atoms with van der Waals surface area (Å²) in [4.78, 5) is 13.8. The summed E-state index contributed by atoms with van der Waals surface area (Å²) in [5.41, 5.74) is 0.440. The van der Waals surface area contributed by atoms with Gasteiger partial charge in [0.15, 0.2) is 0 Å². The zero-order chi connectivity index (χ0) is 17.9. The van der Waals surface area contributed by atoms with Crippen LogP contribution in [0.4, 0.5) is 0 Å². The van der Waals surface area contributed by atoms with Crippen LogP contribution in [0.3, 0.4) is 0 Å². The van der Waals surface area contributed by atoms with Gasteiger partial charge >= 0.3 is 0 Å². The van der Waals surface area contributed by atoms with Crippen LogP contribution >= 0.6 is 11.3 Å². The fourth-order valence-electron chi connectivity index (χ4n) is 2.25. The molecule has 1 atom stereocenters. The smallest absolute Gasteiger partial charge is 0.251 e. The van der Waals surface area contributed by atoms with Crippen molar-refractivity contribution < 1.29 is 13.2 Å². The van der Waals surface area contributed by atoms with Gasteiger partial charge in [0.05, 0.1) is 10.9 Å². The molecule has 0 fully saturated rings. The molecule has 1 N–H and O–H groups in total. The van der Waals surface area contributed by atoms with Gasteiger partial charge in [-0.2, -0.15) is 0 Å². The molecule has 0 bridgehead atoms. The molecule has 130 valence electrons. The second kappa shape index (κ2) is 7.46. The average Bonchev–Trinajstić information content (AvgIpc) is 3.06. The Labute approximate surface area is 147 Å². The molecule has 5 nitrogen and oxygen atoms in total. The summed E-state index contributed by atoms with van der Waals surface area (Å²) in [6.07, 6.45) is 0. The van der Waals surface area contributed by atoms with Gasteiger partial charge in [-0.3, -0.25) is 4.79 Å². The van der Waals surface area contributed by atoms with Crippen LogP contribution < -0.4 is 5.32 Å². The van der Waals surface area contributed by atoms with Gasteiger partial charge in [-0.05, 0) is 41.6 Å². The van der Waals surface area contributed by atoms with Crippen molar-refractivity contribution >= 4 is 27.3 Å². The third-order valence-corrected chi connectivity index (χ3v) is 6.48. The van der Waals surface area contributed by atoms with Crippen LogP contribution in [0.5, 0.6) is 0 Å². The largest absolute Gasteiger partial charge is 0.344 e. The number of nitrogens with one attached hydrogen (secondary N) is 1. The Hall–Kier alpha value is -1.70. The predicted octanol–water partition coefficient (Wildman–Crippen LogP) is 3.13. The van der Waals surface area contributed by atoms with E-state index in [1.165, 1.54) is 38.4 Å². The molecule has 1 aromatic heterocycles. The predicted molar refractivity (Wildman–Crippen MR) is 96.7 cm³/mol. The zero-order valence-electron chi connectivity index (χ0n) is 14.2. The maximum absolute atomic E-state index is 12.5. The van der Waals surface area contributed by atoms with E-state index >= 15 is 0 Å². The van der Waals surface area contributed by atoms with E-state index in [0.29, 0.717) is 5.56 Å². The van der Waals surface area contributed by atoms with Gasteiger partial charge in [0.2, 0.25) is 10.0 Å². The van der Waals surface area contributed by atoms with Gasteiger partial charge in [-0.25, -0.2) is 12.7 Å². The standard InChI is InChI=1S/C17H22N2O3S2/c1-12(2)16(15-6-5-11-23-15)18-17(20)13-7-9-14(10-8-13)24(21,22)19(3)4/h5-12,16H,1-4H3,(H,18,20)/t16-/m0/s1. The van der Waals surface area contributed by atoms with Crippen LogP contribution in [0.2, 0.25) is 0 Å². The van der Waals surface area contributed by atoms with Crippen molar-refractivity contribution in [1.82, 2.24) is 9.62 Å². The lowest BCUT2D eigenvalue weighted by Gasteiger charge is -2.21. The van der Waals surface area contributed by atoms with Crippen molar-refractivity contribution in [1.29, 1.82) is 0 Å². The van der Waals surface area contributed by atoms with Gasteiger partial charge in [0, 0.05) is 24.5 Å². The number of carbonyl (C=O) groups is 1. The molecule has 1 aromatic carbocycles. The fourth-order valence-corrected chi connectivity index (χ4v) is 4.10. The molecule has 1 heterocycles. The van der Waals surface area contributed by atoms with Gasteiger partial charge in [0.1, 0.15) is 0 Å². The molecular formula is C17H22N2O3S2. The first-order chi connectivity index (χ1) is 11.2. The van der Waals surface area contributed by atoms with Gasteiger partial charge in [0.25, 0.3) is 5.91 Å². The van der Waals surface area contributed by atoms with E-state index in [1.807, 2.05) is 17.5 Å². The summed E-state index contributed by atoms with van der Waals surface area (Å²) in [6, 6.07) is 9.89. The summed E-state index contributed by atoms with van der Waals surface area (Å²) in [7, 11) is -0.535. The van der Waals surface area contributed by atoms with E-state index in [1.54, 1.807) is 11.3 Å². The number of amides is 1. The van der Waals surface area contributed by atoms with Gasteiger partial charge in [-0.15, -0.1) is 11.3 Å². The molecule has 0 radical (unpaired) electrons. The summed E-state index contributed by atoms with van der Waals surface area (Å²) < 4.78 is 25.3. The van der Waals surface area contributed by atoms with Crippen molar-refractivity contribution in [2.45, 2.75) is 24.8 Å². The van der Waals surface area contributed by atoms with Gasteiger partial charge in [-0.1, -0.05) is 19.9 Å². The Morgan fingerprint density at radius 2 is 1.75 bits per heavy atom. The number of rotatable bonds is 6. The summed E-state index contributed by atoms with van der Waals surface area (Å²) >= 11 is 1.61. The number of hydrogen-bond acceptors (Lipinski definition) is 4. The number of hydrogen-bond donors (Lipinski definition) is 1. The molecule has 2 rings (SSSR count). The molecule has 0 aliphatic rings. The molecule has 2 aromatic rings. The Balaban J connectivity index is 2.18. The third kappa shape index (κ3) is 4.03. The van der Waals surface area contributed by atoms with Crippen LogP contribution in [0.1, 0.15) is 35.1 Å². The molecule has 0 saturated carbocycles. The van der Waals surface area contributed by atoms with Crippen LogP contribution in [0.25, 0.3) is 0 Å². The summed E-state index contributed by atoms with van der Waals surface area (Å²) in [6.45, 7) is 4.11. The lowest BCUT2D eigenvalue weighted by molar-refractivity contribution is 0.0926. The van der Waals surface area contributed by atoms with Crippen LogP contribution in [0, 0.1) is 5.92 Å². The third-order valence-electron chi connectivity index (χ3n) is 3.70. The number of carbonyl (C=O) groups excluding carboxylic acids is 1. The van der Waals surface area contributed by atoms with Crippen molar-refractivity contribution in [3.63, 3.8) is 0 Å². The first kappa shape index (κ1) is 18.6. The lowest BCUT2D eigenvalue weighted by atomic mass is 10.0. The van der Waals surface area contributed by atoms with Gasteiger partial charge < -0.3 is 5.32 Å². The minimum atomic E-state index is -3.49. The SMILES string of the molecule is CC(C)[C@H](NC(=O)c1ccc(S(=O)(=O)N(C)C)cc1)c1cccs1. The van der Waals surface area contributed by atoms with Crippen LogP contribution in [-0.2, 0) is 10.0 Å². The molecule has 0 unspecified atom stereocenters. The molecule has 7 heteroatoms.